The van der Waals surface area contributed by atoms with Gasteiger partial charge in [-0.3, -0.25) is 4.79 Å². The number of hydrogen-bond acceptors (Lipinski definition) is 5. The Labute approximate surface area is 168 Å². The van der Waals surface area contributed by atoms with Gasteiger partial charge < -0.3 is 14.5 Å². The number of nitrogens with zero attached hydrogens (tertiary/aromatic N) is 1. The molecule has 0 spiro atoms. The van der Waals surface area contributed by atoms with E-state index in [2.05, 4.69) is 15.8 Å². The second-order valence-electron chi connectivity index (χ2n) is 6.01. The molecule has 6 nitrogen and oxygen atoms in total. The number of ether oxygens (including phenoxy) is 1. The number of aryl methyl sites for hydroxylation is 1. The van der Waals surface area contributed by atoms with Crippen molar-refractivity contribution in [1.29, 1.82) is 0 Å². The third-order valence-electron chi connectivity index (χ3n) is 4.03. The van der Waals surface area contributed by atoms with Crippen molar-refractivity contribution in [2.45, 2.75) is 6.92 Å². The standard InChI is InChI=1S/C21H20ClN3O3/c1-14-5-3-4-6-18(14)23-13-21(26)25-24-12-16-8-10-19(28-16)15-7-9-20(27-2)17(22)11-15/h3-12,23H,13H2,1-2H3,(H,25,26)/b24-12+. The van der Waals surface area contributed by atoms with Gasteiger partial charge in [-0.25, -0.2) is 5.43 Å². The van der Waals surface area contributed by atoms with Gasteiger partial charge in [0.15, 0.2) is 0 Å². The number of halogens is 1. The predicted octanol–water partition coefficient (Wildman–Crippen LogP) is 4.48. The second-order valence-corrected chi connectivity index (χ2v) is 6.42. The summed E-state index contributed by atoms with van der Waals surface area (Å²) < 4.78 is 10.9. The van der Waals surface area contributed by atoms with Crippen molar-refractivity contribution in [3.63, 3.8) is 0 Å². The number of hydrazone groups is 1. The highest BCUT2D eigenvalue weighted by atomic mass is 35.5. The fraction of sp³-hybridized carbons (Fsp3) is 0.143. The molecule has 1 aromatic heterocycles. The van der Waals surface area contributed by atoms with Crippen molar-refractivity contribution in [2.24, 2.45) is 5.10 Å². The molecule has 3 rings (SSSR count). The summed E-state index contributed by atoms with van der Waals surface area (Å²) in [6.07, 6.45) is 1.44. The van der Waals surface area contributed by atoms with E-state index >= 15 is 0 Å². The smallest absolute Gasteiger partial charge is 0.259 e. The van der Waals surface area contributed by atoms with E-state index in [9.17, 15) is 4.79 Å². The van der Waals surface area contributed by atoms with Crippen LogP contribution in [0.5, 0.6) is 5.75 Å². The molecule has 2 N–H and O–H groups in total. The number of anilines is 1. The Morgan fingerprint density at radius 3 is 2.79 bits per heavy atom. The summed E-state index contributed by atoms with van der Waals surface area (Å²) in [6, 6.07) is 16.7. The summed E-state index contributed by atoms with van der Waals surface area (Å²) in [5.41, 5.74) is 5.26. The minimum atomic E-state index is -0.256. The van der Waals surface area contributed by atoms with E-state index in [-0.39, 0.29) is 12.5 Å². The number of benzene rings is 2. The molecular weight excluding hydrogens is 378 g/mol. The van der Waals surface area contributed by atoms with Crippen LogP contribution in [0, 0.1) is 6.92 Å². The lowest BCUT2D eigenvalue weighted by atomic mass is 10.2. The maximum Gasteiger partial charge on any atom is 0.259 e. The Morgan fingerprint density at radius 2 is 2.04 bits per heavy atom. The van der Waals surface area contributed by atoms with E-state index in [0.717, 1.165) is 16.8 Å². The van der Waals surface area contributed by atoms with Gasteiger partial charge >= 0.3 is 0 Å². The van der Waals surface area contributed by atoms with Crippen LogP contribution in [0.25, 0.3) is 11.3 Å². The Balaban J connectivity index is 1.54. The average Bonchev–Trinajstić information content (AvgIpc) is 3.16. The van der Waals surface area contributed by atoms with Crippen LogP contribution >= 0.6 is 11.6 Å². The van der Waals surface area contributed by atoms with Crippen molar-refractivity contribution >= 4 is 29.4 Å². The number of rotatable bonds is 7. The molecule has 0 atom stereocenters. The Kier molecular flexibility index (Phi) is 6.34. The van der Waals surface area contributed by atoms with E-state index in [1.54, 1.807) is 31.4 Å². The summed E-state index contributed by atoms with van der Waals surface area (Å²) in [4.78, 5) is 11.9. The maximum absolute atomic E-state index is 11.9. The summed E-state index contributed by atoms with van der Waals surface area (Å²) >= 11 is 6.14. The Morgan fingerprint density at radius 1 is 1.21 bits per heavy atom. The molecule has 0 fully saturated rings. The van der Waals surface area contributed by atoms with Gasteiger partial charge in [0.05, 0.1) is 24.9 Å². The highest BCUT2D eigenvalue weighted by Gasteiger charge is 2.07. The molecule has 0 bridgehead atoms. The number of nitrogens with one attached hydrogen (secondary N) is 2. The number of methoxy groups -OCH3 is 1. The lowest BCUT2D eigenvalue weighted by molar-refractivity contribution is -0.119. The fourth-order valence-corrected chi connectivity index (χ4v) is 2.81. The molecule has 1 amide bonds. The van der Waals surface area contributed by atoms with Crippen LogP contribution in [0.3, 0.4) is 0 Å². The molecule has 0 radical (unpaired) electrons. The van der Waals surface area contributed by atoms with Crippen LogP contribution in [0.15, 0.2) is 64.1 Å². The summed E-state index contributed by atoms with van der Waals surface area (Å²) in [5, 5.41) is 7.49. The van der Waals surface area contributed by atoms with Crippen molar-refractivity contribution in [3.8, 4) is 17.1 Å². The lowest BCUT2D eigenvalue weighted by Gasteiger charge is -2.07. The number of amides is 1. The van der Waals surface area contributed by atoms with Gasteiger partial charge in [-0.1, -0.05) is 29.8 Å². The molecule has 1 heterocycles. The van der Waals surface area contributed by atoms with Crippen LogP contribution in [0.1, 0.15) is 11.3 Å². The van der Waals surface area contributed by atoms with Crippen LogP contribution < -0.4 is 15.5 Å². The van der Waals surface area contributed by atoms with Crippen LogP contribution in [-0.4, -0.2) is 25.8 Å². The zero-order chi connectivity index (χ0) is 19.9. The minimum Gasteiger partial charge on any atom is -0.495 e. The second kappa shape index (κ2) is 9.10. The number of carbonyl (C=O) groups is 1. The molecule has 0 aliphatic rings. The molecule has 3 aromatic rings. The SMILES string of the molecule is COc1ccc(-c2ccc(/C=N/NC(=O)CNc3ccccc3C)o2)cc1Cl. The molecule has 0 saturated carbocycles. The first-order valence-corrected chi connectivity index (χ1v) is 9.00. The van der Waals surface area contributed by atoms with Crippen molar-refractivity contribution in [1.82, 2.24) is 5.43 Å². The number of hydrogen-bond donors (Lipinski definition) is 2. The Bertz CT molecular complexity index is 998. The average molecular weight is 398 g/mol. The number of carbonyl (C=O) groups excluding carboxylic acids is 1. The van der Waals surface area contributed by atoms with E-state index < -0.39 is 0 Å². The minimum absolute atomic E-state index is 0.121. The van der Waals surface area contributed by atoms with Crippen LogP contribution in [0.2, 0.25) is 5.02 Å². The maximum atomic E-state index is 11.9. The highest BCUT2D eigenvalue weighted by molar-refractivity contribution is 6.32. The summed E-state index contributed by atoms with van der Waals surface area (Å²) in [5.74, 6) is 1.49. The van der Waals surface area contributed by atoms with E-state index in [1.807, 2.05) is 37.3 Å². The summed E-state index contributed by atoms with van der Waals surface area (Å²) in [6.45, 7) is 2.10. The number of furan rings is 1. The topological polar surface area (TPSA) is 75.9 Å². The van der Waals surface area contributed by atoms with Crippen molar-refractivity contribution < 1.29 is 13.9 Å². The van der Waals surface area contributed by atoms with Gasteiger partial charge in [-0.05, 0) is 48.9 Å². The molecule has 0 aliphatic carbocycles. The van der Waals surface area contributed by atoms with Crippen molar-refractivity contribution in [3.05, 3.63) is 70.9 Å². The molecule has 0 saturated heterocycles. The molecule has 0 unspecified atom stereocenters. The van der Waals surface area contributed by atoms with Crippen LogP contribution in [-0.2, 0) is 4.79 Å². The Hall–Kier alpha value is -3.25. The van der Waals surface area contributed by atoms with Gasteiger partial charge in [-0.15, -0.1) is 0 Å². The first-order valence-electron chi connectivity index (χ1n) is 8.62. The monoisotopic (exact) mass is 397 g/mol. The third-order valence-corrected chi connectivity index (χ3v) is 4.32. The number of para-hydroxylation sites is 1. The molecule has 144 valence electrons. The third kappa shape index (κ3) is 4.92. The molecule has 28 heavy (non-hydrogen) atoms. The molecule has 0 aliphatic heterocycles. The zero-order valence-corrected chi connectivity index (χ0v) is 16.3. The molecule has 2 aromatic carbocycles. The van der Waals surface area contributed by atoms with E-state index in [1.165, 1.54) is 6.21 Å². The highest BCUT2D eigenvalue weighted by Crippen LogP contribution is 2.30. The van der Waals surface area contributed by atoms with Gasteiger partial charge in [0.25, 0.3) is 5.91 Å². The normalized spacial score (nSPS) is 10.8. The van der Waals surface area contributed by atoms with Crippen molar-refractivity contribution in [2.75, 3.05) is 19.0 Å². The fourth-order valence-electron chi connectivity index (χ4n) is 2.55. The van der Waals surface area contributed by atoms with Gasteiger partial charge in [0.2, 0.25) is 0 Å². The quantitative estimate of drug-likeness (QED) is 0.455. The van der Waals surface area contributed by atoms with E-state index in [0.29, 0.717) is 22.3 Å². The van der Waals surface area contributed by atoms with Gasteiger partial charge in [-0.2, -0.15) is 5.10 Å². The zero-order valence-electron chi connectivity index (χ0n) is 15.5. The van der Waals surface area contributed by atoms with Crippen LogP contribution in [0.4, 0.5) is 5.69 Å². The molecule has 7 heteroatoms. The molecular formula is C21H20ClN3O3. The first-order chi connectivity index (χ1) is 13.6. The summed E-state index contributed by atoms with van der Waals surface area (Å²) in [7, 11) is 1.56. The largest absolute Gasteiger partial charge is 0.495 e. The van der Waals surface area contributed by atoms with Gasteiger partial charge in [0, 0.05) is 11.3 Å². The predicted molar refractivity (Wildman–Crippen MR) is 111 cm³/mol. The van der Waals surface area contributed by atoms with E-state index in [4.69, 9.17) is 20.8 Å². The lowest BCUT2D eigenvalue weighted by Crippen LogP contribution is -2.26. The van der Waals surface area contributed by atoms with Gasteiger partial charge in [0.1, 0.15) is 17.3 Å². The first kappa shape index (κ1) is 19.5.